The lowest BCUT2D eigenvalue weighted by Crippen LogP contribution is -2.60. The molecule has 0 radical (unpaired) electrons. The van der Waals surface area contributed by atoms with Crippen molar-refractivity contribution in [2.75, 3.05) is 0 Å². The van der Waals surface area contributed by atoms with Gasteiger partial charge in [-0.25, -0.2) is 5.48 Å². The van der Waals surface area contributed by atoms with E-state index in [1.54, 1.807) is 11.6 Å². The molecule has 4 aliphatic rings. The number of aliphatic hydroxyl groups is 1. The van der Waals surface area contributed by atoms with Gasteiger partial charge in [-0.1, -0.05) is 24.3 Å². The molecule has 4 saturated carbocycles. The number of benzene rings is 1. The minimum absolute atomic E-state index is 0.0821. The van der Waals surface area contributed by atoms with Crippen LogP contribution in [0.2, 0.25) is 0 Å². The van der Waals surface area contributed by atoms with Crippen molar-refractivity contribution in [3.8, 4) is 0 Å². The van der Waals surface area contributed by atoms with Crippen molar-refractivity contribution in [3.63, 3.8) is 0 Å². The Balaban J connectivity index is 1.37. The Hall–Kier alpha value is -2.18. The van der Waals surface area contributed by atoms with Crippen LogP contribution < -0.4 is 10.8 Å². The van der Waals surface area contributed by atoms with Crippen LogP contribution in [0.4, 0.5) is 0 Å². The number of amides is 2. The summed E-state index contributed by atoms with van der Waals surface area (Å²) < 4.78 is 0. The maximum Gasteiger partial charge on any atom is 0.267 e. The van der Waals surface area contributed by atoms with Gasteiger partial charge in [0, 0.05) is 12.6 Å². The molecule has 1 aromatic carbocycles. The highest BCUT2D eigenvalue weighted by Crippen LogP contribution is 2.61. The highest BCUT2D eigenvalue weighted by Gasteiger charge is 2.60. The highest BCUT2D eigenvalue weighted by atomic mass is 16.5. The Labute approximate surface area is 158 Å². The standard InChI is InChI=1S/C21H26N2O4/c24-18(23-27)6-5-14-1-3-15(4-2-14)12-22-19(25)20-8-16-7-17(9-20)11-21(26,10-16)13-20/h1-6,16-17,26-27H,7-13H2,(H,22,25)(H,23,24). The third kappa shape index (κ3) is 3.64. The van der Waals surface area contributed by atoms with Crippen LogP contribution in [0, 0.1) is 17.3 Å². The molecule has 2 unspecified atom stereocenters. The van der Waals surface area contributed by atoms with Crippen molar-refractivity contribution in [2.24, 2.45) is 17.3 Å². The molecule has 4 fully saturated rings. The predicted octanol–water partition coefficient (Wildman–Crippen LogP) is 2.15. The number of rotatable bonds is 5. The summed E-state index contributed by atoms with van der Waals surface area (Å²) in [5, 5.41) is 22.4. The third-order valence-electron chi connectivity index (χ3n) is 6.48. The quantitative estimate of drug-likeness (QED) is 0.363. The Bertz CT molecular complexity index is 757. The topological polar surface area (TPSA) is 98.7 Å². The van der Waals surface area contributed by atoms with Crippen LogP contribution >= 0.6 is 0 Å². The molecule has 27 heavy (non-hydrogen) atoms. The zero-order valence-electron chi connectivity index (χ0n) is 15.3. The molecule has 4 aliphatic carbocycles. The van der Waals surface area contributed by atoms with Crippen molar-refractivity contribution >= 4 is 17.9 Å². The summed E-state index contributed by atoms with van der Waals surface area (Å²) in [7, 11) is 0. The lowest BCUT2D eigenvalue weighted by molar-refractivity contribution is -0.178. The molecule has 6 nitrogen and oxygen atoms in total. The van der Waals surface area contributed by atoms with Crippen LogP contribution in [0.3, 0.4) is 0 Å². The molecule has 4 N–H and O–H groups in total. The van der Waals surface area contributed by atoms with E-state index in [1.165, 1.54) is 12.5 Å². The van der Waals surface area contributed by atoms with Gasteiger partial charge in [-0.2, -0.15) is 0 Å². The summed E-state index contributed by atoms with van der Waals surface area (Å²) in [6, 6.07) is 7.53. The Morgan fingerprint density at radius 2 is 1.78 bits per heavy atom. The van der Waals surface area contributed by atoms with Crippen molar-refractivity contribution in [2.45, 2.75) is 50.7 Å². The number of hydrogen-bond donors (Lipinski definition) is 4. The molecule has 5 rings (SSSR count). The summed E-state index contributed by atoms with van der Waals surface area (Å²) >= 11 is 0. The SMILES string of the molecule is O=C(C=Cc1ccc(CNC(=O)C23CC4CC(CC(O)(C4)C2)C3)cc1)NO. The molecule has 2 amide bonds. The van der Waals surface area contributed by atoms with Gasteiger partial charge >= 0.3 is 0 Å². The zero-order chi connectivity index (χ0) is 19.1. The molecular formula is C21H26N2O4. The van der Waals surface area contributed by atoms with Crippen LogP contribution in [0.15, 0.2) is 30.3 Å². The van der Waals surface area contributed by atoms with Gasteiger partial charge < -0.3 is 10.4 Å². The molecule has 144 valence electrons. The Kier molecular flexibility index (Phi) is 4.56. The minimum Gasteiger partial charge on any atom is -0.390 e. The number of carbonyl (C=O) groups excluding carboxylic acids is 2. The van der Waals surface area contributed by atoms with Crippen LogP contribution in [0.1, 0.15) is 49.7 Å². The minimum atomic E-state index is -0.629. The third-order valence-corrected chi connectivity index (χ3v) is 6.48. The van der Waals surface area contributed by atoms with Gasteiger partial charge in [0.15, 0.2) is 0 Å². The molecule has 0 saturated heterocycles. The smallest absolute Gasteiger partial charge is 0.267 e. The monoisotopic (exact) mass is 370 g/mol. The van der Waals surface area contributed by atoms with E-state index >= 15 is 0 Å². The zero-order valence-corrected chi connectivity index (χ0v) is 15.3. The first kappa shape index (κ1) is 18.2. The van der Waals surface area contributed by atoms with E-state index in [-0.39, 0.29) is 11.3 Å². The second kappa shape index (κ2) is 6.77. The molecule has 0 spiro atoms. The van der Waals surface area contributed by atoms with Crippen molar-refractivity contribution < 1.29 is 19.9 Å². The summed E-state index contributed by atoms with van der Waals surface area (Å²) in [6.07, 6.45) is 8.17. The second-order valence-corrected chi connectivity index (χ2v) is 8.70. The fraction of sp³-hybridized carbons (Fsp3) is 0.524. The van der Waals surface area contributed by atoms with Crippen molar-refractivity contribution in [1.82, 2.24) is 10.8 Å². The number of carbonyl (C=O) groups is 2. The normalized spacial score (nSPS) is 34.0. The van der Waals surface area contributed by atoms with Crippen molar-refractivity contribution in [3.05, 3.63) is 41.5 Å². The van der Waals surface area contributed by atoms with Crippen LogP contribution in [-0.4, -0.2) is 27.7 Å². The van der Waals surface area contributed by atoms with E-state index < -0.39 is 11.5 Å². The summed E-state index contributed by atoms with van der Waals surface area (Å²) in [5.74, 6) is 0.482. The summed E-state index contributed by atoms with van der Waals surface area (Å²) in [6.45, 7) is 0.454. The number of hydrogen-bond acceptors (Lipinski definition) is 4. The average Bonchev–Trinajstić information content (AvgIpc) is 2.63. The van der Waals surface area contributed by atoms with Gasteiger partial charge in [0.25, 0.3) is 5.91 Å². The van der Waals surface area contributed by atoms with E-state index in [4.69, 9.17) is 5.21 Å². The Morgan fingerprint density at radius 3 is 2.37 bits per heavy atom. The number of hydroxylamine groups is 1. The molecule has 0 heterocycles. The van der Waals surface area contributed by atoms with Gasteiger partial charge in [0.2, 0.25) is 5.91 Å². The van der Waals surface area contributed by atoms with E-state index in [0.29, 0.717) is 24.8 Å². The molecule has 6 heteroatoms. The molecule has 1 aromatic rings. The summed E-state index contributed by atoms with van der Waals surface area (Å²) in [5.41, 5.74) is 2.34. The fourth-order valence-electron chi connectivity index (χ4n) is 5.81. The van der Waals surface area contributed by atoms with Gasteiger partial charge in [-0.05, 0) is 67.6 Å². The summed E-state index contributed by atoms with van der Waals surface area (Å²) in [4.78, 5) is 24.0. The fourth-order valence-corrected chi connectivity index (χ4v) is 5.81. The molecule has 4 bridgehead atoms. The maximum atomic E-state index is 13.0. The lowest BCUT2D eigenvalue weighted by atomic mass is 9.47. The second-order valence-electron chi connectivity index (χ2n) is 8.70. The van der Waals surface area contributed by atoms with Gasteiger partial charge in [-0.15, -0.1) is 0 Å². The first-order valence-electron chi connectivity index (χ1n) is 9.62. The van der Waals surface area contributed by atoms with E-state index in [9.17, 15) is 14.7 Å². The Morgan fingerprint density at radius 1 is 1.11 bits per heavy atom. The molecule has 0 aliphatic heterocycles. The molecule has 0 aromatic heterocycles. The van der Waals surface area contributed by atoms with E-state index in [1.807, 2.05) is 24.3 Å². The average molecular weight is 370 g/mol. The van der Waals surface area contributed by atoms with Gasteiger partial charge in [0.05, 0.1) is 11.0 Å². The first-order valence-corrected chi connectivity index (χ1v) is 9.62. The maximum absolute atomic E-state index is 13.0. The molecular weight excluding hydrogens is 344 g/mol. The van der Waals surface area contributed by atoms with Crippen LogP contribution in [0.25, 0.3) is 6.08 Å². The predicted molar refractivity (Wildman–Crippen MR) is 99.3 cm³/mol. The highest BCUT2D eigenvalue weighted by molar-refractivity contribution is 5.90. The van der Waals surface area contributed by atoms with Crippen LogP contribution in [0.5, 0.6) is 0 Å². The first-order chi connectivity index (χ1) is 12.9. The largest absolute Gasteiger partial charge is 0.390 e. The molecule has 2 atom stereocenters. The number of nitrogens with one attached hydrogen (secondary N) is 2. The van der Waals surface area contributed by atoms with Gasteiger partial charge in [0.1, 0.15) is 0 Å². The van der Waals surface area contributed by atoms with Gasteiger partial charge in [-0.3, -0.25) is 14.8 Å². The van der Waals surface area contributed by atoms with E-state index in [2.05, 4.69) is 5.32 Å². The lowest BCUT2D eigenvalue weighted by Gasteiger charge is -2.59. The van der Waals surface area contributed by atoms with Crippen LogP contribution in [-0.2, 0) is 16.1 Å². The van der Waals surface area contributed by atoms with E-state index in [0.717, 1.165) is 36.8 Å². The van der Waals surface area contributed by atoms with Crippen molar-refractivity contribution in [1.29, 1.82) is 0 Å².